The molecule has 4 rings (SSSR count). The van der Waals surface area contributed by atoms with Gasteiger partial charge in [0.15, 0.2) is 5.78 Å². The Morgan fingerprint density at radius 2 is 1.83 bits per heavy atom. The van der Waals surface area contributed by atoms with Crippen LogP contribution in [0.3, 0.4) is 0 Å². The predicted molar refractivity (Wildman–Crippen MR) is 127 cm³/mol. The molecule has 2 aliphatic heterocycles. The number of unbranched alkanes of at least 4 members (excludes halogenated alkanes) is 1. The molecule has 2 aromatic rings. The molecular formula is C27H29FN2O5. The van der Waals surface area contributed by atoms with Gasteiger partial charge >= 0.3 is 5.97 Å². The highest BCUT2D eigenvalue weighted by Crippen LogP contribution is 2.51. The molecule has 35 heavy (non-hydrogen) atoms. The quantitative estimate of drug-likeness (QED) is 0.349. The number of hydrogen-bond donors (Lipinski definition) is 1. The van der Waals surface area contributed by atoms with Crippen molar-refractivity contribution in [3.05, 3.63) is 65.5 Å². The topological polar surface area (TPSA) is 92.8 Å². The van der Waals surface area contributed by atoms with E-state index in [4.69, 9.17) is 4.74 Å². The summed E-state index contributed by atoms with van der Waals surface area (Å²) in [5.74, 6) is -4.27. The average molecular weight is 481 g/mol. The Labute approximate surface area is 203 Å². The first-order chi connectivity index (χ1) is 16.7. The third kappa shape index (κ3) is 4.16. The summed E-state index contributed by atoms with van der Waals surface area (Å²) in [6, 6.07) is 11.4. The van der Waals surface area contributed by atoms with Crippen molar-refractivity contribution >= 4 is 29.3 Å². The van der Waals surface area contributed by atoms with E-state index in [9.17, 15) is 23.6 Å². The average Bonchev–Trinajstić information content (AvgIpc) is 3.32. The van der Waals surface area contributed by atoms with Crippen LogP contribution in [-0.2, 0) is 19.1 Å². The van der Waals surface area contributed by atoms with E-state index in [1.54, 1.807) is 31.2 Å². The van der Waals surface area contributed by atoms with E-state index < -0.39 is 47.0 Å². The number of esters is 1. The summed E-state index contributed by atoms with van der Waals surface area (Å²) in [6.45, 7) is 5.17. The van der Waals surface area contributed by atoms with Crippen LogP contribution in [0.2, 0.25) is 0 Å². The maximum atomic E-state index is 14.2. The van der Waals surface area contributed by atoms with Crippen molar-refractivity contribution in [1.82, 2.24) is 5.32 Å². The first kappa shape index (κ1) is 24.7. The number of rotatable bonds is 8. The molecule has 8 heteroatoms. The Hall–Kier alpha value is -3.39. The van der Waals surface area contributed by atoms with Gasteiger partial charge in [-0.1, -0.05) is 44.0 Å². The minimum absolute atomic E-state index is 0.114. The number of anilines is 1. The molecule has 2 amide bonds. The molecule has 2 aliphatic rings. The highest BCUT2D eigenvalue weighted by molar-refractivity contribution is 6.24. The molecule has 1 N–H and O–H groups in total. The Morgan fingerprint density at radius 3 is 2.49 bits per heavy atom. The summed E-state index contributed by atoms with van der Waals surface area (Å²) in [7, 11) is 0. The van der Waals surface area contributed by atoms with Gasteiger partial charge in [-0.3, -0.25) is 24.5 Å². The van der Waals surface area contributed by atoms with E-state index in [1.807, 2.05) is 6.92 Å². The molecule has 7 nitrogen and oxygen atoms in total. The zero-order valence-corrected chi connectivity index (χ0v) is 20.0. The monoisotopic (exact) mass is 480 g/mol. The number of imide groups is 1. The van der Waals surface area contributed by atoms with Crippen LogP contribution in [0.25, 0.3) is 0 Å². The van der Waals surface area contributed by atoms with Gasteiger partial charge in [0.25, 0.3) is 0 Å². The van der Waals surface area contributed by atoms with Crippen LogP contribution in [-0.4, -0.2) is 35.7 Å². The summed E-state index contributed by atoms with van der Waals surface area (Å²) in [6.07, 6.45) is 1.67. The summed E-state index contributed by atoms with van der Waals surface area (Å²) in [5.41, 5.74) is -0.327. The maximum Gasteiger partial charge on any atom is 0.327 e. The molecule has 2 fully saturated rings. The standard InChI is InChI=1S/C27H29FN2O5/c1-4-6-13-27(26(34)35-5-2)22-21(23(29-27)18-10-7-11-19(28)14-18)24(32)30(25(22)33)20-12-8-9-17(15-20)16(3)31/h7-12,14-15,21-23,29H,4-6,13H2,1-3H3/t21-,22+,23+,27-/m0/s1. The second kappa shape index (κ2) is 9.70. The van der Waals surface area contributed by atoms with Gasteiger partial charge in [0.1, 0.15) is 11.4 Å². The molecule has 2 heterocycles. The van der Waals surface area contributed by atoms with Crippen LogP contribution in [0.5, 0.6) is 0 Å². The number of nitrogens with zero attached hydrogens (tertiary/aromatic N) is 1. The van der Waals surface area contributed by atoms with E-state index in [1.165, 1.54) is 31.2 Å². The number of hydrogen-bond acceptors (Lipinski definition) is 6. The van der Waals surface area contributed by atoms with Gasteiger partial charge in [0, 0.05) is 11.6 Å². The van der Waals surface area contributed by atoms with Gasteiger partial charge in [0.05, 0.1) is 24.1 Å². The third-order valence-electron chi connectivity index (χ3n) is 6.94. The van der Waals surface area contributed by atoms with Crippen molar-refractivity contribution in [3.8, 4) is 0 Å². The van der Waals surface area contributed by atoms with Crippen molar-refractivity contribution in [2.45, 2.75) is 51.6 Å². The number of carbonyl (C=O) groups is 4. The number of benzene rings is 2. The number of ketones is 1. The Bertz CT molecular complexity index is 1180. The molecular weight excluding hydrogens is 451 g/mol. The maximum absolute atomic E-state index is 14.2. The number of halogens is 1. The van der Waals surface area contributed by atoms with Crippen LogP contribution in [0.4, 0.5) is 10.1 Å². The molecule has 2 aromatic carbocycles. The van der Waals surface area contributed by atoms with E-state index in [-0.39, 0.29) is 24.5 Å². The van der Waals surface area contributed by atoms with Gasteiger partial charge in [-0.15, -0.1) is 0 Å². The normalized spacial score (nSPS) is 25.6. The lowest BCUT2D eigenvalue weighted by atomic mass is 9.76. The minimum atomic E-state index is -1.44. The van der Waals surface area contributed by atoms with Crippen LogP contribution in [0, 0.1) is 17.7 Å². The summed E-state index contributed by atoms with van der Waals surface area (Å²) in [4.78, 5) is 54.1. The molecule has 4 atom stereocenters. The zero-order chi connectivity index (χ0) is 25.3. The summed E-state index contributed by atoms with van der Waals surface area (Å²) < 4.78 is 19.6. The predicted octanol–water partition coefficient (Wildman–Crippen LogP) is 3.97. The lowest BCUT2D eigenvalue weighted by Gasteiger charge is -2.33. The number of carbonyl (C=O) groups excluding carboxylic acids is 4. The van der Waals surface area contributed by atoms with Gasteiger partial charge in [-0.25, -0.2) is 9.29 Å². The van der Waals surface area contributed by atoms with E-state index in [0.29, 0.717) is 17.5 Å². The lowest BCUT2D eigenvalue weighted by molar-refractivity contribution is -0.155. The van der Waals surface area contributed by atoms with Gasteiger partial charge in [-0.05, 0) is 50.1 Å². The van der Waals surface area contributed by atoms with Gasteiger partial charge < -0.3 is 4.74 Å². The molecule has 0 aromatic heterocycles. The lowest BCUT2D eigenvalue weighted by Crippen LogP contribution is -2.56. The Morgan fingerprint density at radius 1 is 1.09 bits per heavy atom. The number of ether oxygens (including phenoxy) is 1. The summed E-state index contributed by atoms with van der Waals surface area (Å²) in [5, 5.41) is 3.27. The van der Waals surface area contributed by atoms with Crippen molar-refractivity contribution in [3.63, 3.8) is 0 Å². The number of fused-ring (bicyclic) bond motifs is 1. The van der Waals surface area contributed by atoms with Crippen molar-refractivity contribution in [2.75, 3.05) is 11.5 Å². The fraction of sp³-hybridized carbons (Fsp3) is 0.407. The molecule has 184 valence electrons. The van der Waals surface area contributed by atoms with Crippen LogP contribution >= 0.6 is 0 Å². The first-order valence-corrected chi connectivity index (χ1v) is 11.9. The van der Waals surface area contributed by atoms with E-state index >= 15 is 0 Å². The summed E-state index contributed by atoms with van der Waals surface area (Å²) >= 11 is 0. The van der Waals surface area contributed by atoms with E-state index in [0.717, 1.165) is 11.3 Å². The number of Topliss-reactive ketones (excluding diaryl/α,β-unsaturated/α-hetero) is 1. The third-order valence-corrected chi connectivity index (χ3v) is 6.94. The molecule has 2 saturated heterocycles. The molecule has 0 bridgehead atoms. The first-order valence-electron chi connectivity index (χ1n) is 11.9. The second-order valence-electron chi connectivity index (χ2n) is 9.09. The number of nitrogens with one attached hydrogen (secondary N) is 1. The van der Waals surface area contributed by atoms with Crippen LogP contribution in [0.15, 0.2) is 48.5 Å². The second-order valence-corrected chi connectivity index (χ2v) is 9.09. The van der Waals surface area contributed by atoms with Crippen molar-refractivity contribution < 1.29 is 28.3 Å². The molecule has 0 radical (unpaired) electrons. The van der Waals surface area contributed by atoms with E-state index in [2.05, 4.69) is 5.32 Å². The highest BCUT2D eigenvalue weighted by atomic mass is 19.1. The Kier molecular flexibility index (Phi) is 6.85. The molecule has 0 spiro atoms. The van der Waals surface area contributed by atoms with Crippen LogP contribution in [0.1, 0.15) is 62.0 Å². The van der Waals surface area contributed by atoms with Gasteiger partial charge in [0.2, 0.25) is 11.8 Å². The fourth-order valence-electron chi connectivity index (χ4n) is 5.34. The largest absolute Gasteiger partial charge is 0.465 e. The molecule has 0 saturated carbocycles. The number of amides is 2. The highest BCUT2D eigenvalue weighted by Gasteiger charge is 2.68. The minimum Gasteiger partial charge on any atom is -0.465 e. The van der Waals surface area contributed by atoms with Crippen molar-refractivity contribution in [2.24, 2.45) is 11.8 Å². The molecule has 0 unspecified atom stereocenters. The smallest absolute Gasteiger partial charge is 0.327 e. The Balaban J connectivity index is 1.87. The SMILES string of the molecule is CCCC[C@]1(C(=O)OCC)N[C@H](c2cccc(F)c2)[C@H]2C(=O)N(c3cccc(C(C)=O)c3)C(=O)[C@@H]21. The zero-order valence-electron chi connectivity index (χ0n) is 20.0. The molecule has 0 aliphatic carbocycles. The fourth-order valence-corrected chi connectivity index (χ4v) is 5.34. The van der Waals surface area contributed by atoms with Gasteiger partial charge in [-0.2, -0.15) is 0 Å². The van der Waals surface area contributed by atoms with Crippen molar-refractivity contribution in [1.29, 1.82) is 0 Å². The van der Waals surface area contributed by atoms with Crippen LogP contribution < -0.4 is 10.2 Å².